The first kappa shape index (κ1) is 18.1. The minimum absolute atomic E-state index is 0.0610. The van der Waals surface area contributed by atoms with Crippen LogP contribution < -0.4 is 4.74 Å². The van der Waals surface area contributed by atoms with Crippen molar-refractivity contribution in [2.24, 2.45) is 5.92 Å². The van der Waals surface area contributed by atoms with Gasteiger partial charge in [-0.1, -0.05) is 31.2 Å². The van der Waals surface area contributed by atoms with Gasteiger partial charge < -0.3 is 14.4 Å². The molecule has 28 heavy (non-hydrogen) atoms. The molecule has 2 unspecified atom stereocenters. The lowest BCUT2D eigenvalue weighted by Crippen LogP contribution is -2.43. The van der Waals surface area contributed by atoms with Gasteiger partial charge in [0.05, 0.1) is 18.8 Å². The lowest BCUT2D eigenvalue weighted by molar-refractivity contribution is -0.0792. The van der Waals surface area contributed by atoms with E-state index in [2.05, 4.69) is 36.1 Å². The smallest absolute Gasteiger partial charge is 0.123 e. The standard InChI is InChI=1S/C24H28FNO2/c1-17(21-16-27-23-7-6-19(25)14-20(21)23)8-11-26-12-9-24(10-13-26)22-5-3-2-4-18(22)15-28-24/h2-7,14,17,21H,8-13,15-16H2,1H3. The first-order valence-corrected chi connectivity index (χ1v) is 10.5. The number of likely N-dealkylation sites (tertiary alicyclic amines) is 1. The van der Waals surface area contributed by atoms with Crippen LogP contribution in [0.4, 0.5) is 4.39 Å². The highest BCUT2D eigenvalue weighted by atomic mass is 19.1. The summed E-state index contributed by atoms with van der Waals surface area (Å²) < 4.78 is 25.7. The zero-order chi connectivity index (χ0) is 19.1. The van der Waals surface area contributed by atoms with Crippen LogP contribution in [0, 0.1) is 11.7 Å². The molecule has 1 saturated heterocycles. The zero-order valence-electron chi connectivity index (χ0n) is 16.5. The second kappa shape index (κ2) is 7.16. The summed E-state index contributed by atoms with van der Waals surface area (Å²) in [7, 11) is 0. The predicted octanol–water partition coefficient (Wildman–Crippen LogP) is 4.85. The Morgan fingerprint density at radius 2 is 2.00 bits per heavy atom. The van der Waals surface area contributed by atoms with Gasteiger partial charge in [-0.3, -0.25) is 0 Å². The molecule has 148 valence electrons. The summed E-state index contributed by atoms with van der Waals surface area (Å²) in [4.78, 5) is 2.56. The normalized spacial score (nSPS) is 24.0. The highest BCUT2D eigenvalue weighted by molar-refractivity contribution is 5.40. The molecule has 0 saturated carbocycles. The lowest BCUT2D eigenvalue weighted by Gasteiger charge is -2.39. The van der Waals surface area contributed by atoms with E-state index in [0.29, 0.717) is 18.4 Å². The molecule has 3 aliphatic heterocycles. The van der Waals surface area contributed by atoms with Crippen LogP contribution in [0.1, 0.15) is 48.8 Å². The van der Waals surface area contributed by atoms with Crippen molar-refractivity contribution in [3.8, 4) is 5.75 Å². The first-order valence-electron chi connectivity index (χ1n) is 10.5. The molecule has 2 aromatic carbocycles. The number of rotatable bonds is 4. The number of fused-ring (bicyclic) bond motifs is 3. The molecule has 2 atom stereocenters. The third-order valence-electron chi connectivity index (χ3n) is 7.05. The number of benzene rings is 2. The fourth-order valence-corrected chi connectivity index (χ4v) is 5.20. The fraction of sp³-hybridized carbons (Fsp3) is 0.500. The molecule has 0 radical (unpaired) electrons. The van der Waals surface area contributed by atoms with Gasteiger partial charge in [0.15, 0.2) is 0 Å². The Hall–Kier alpha value is -1.91. The molecule has 1 spiro atoms. The second-order valence-electron chi connectivity index (χ2n) is 8.65. The molecule has 0 amide bonds. The second-order valence-corrected chi connectivity index (χ2v) is 8.65. The SMILES string of the molecule is CC(CCN1CCC2(CC1)OCc1ccccc12)C1COc2ccc(F)cc21. The van der Waals surface area contributed by atoms with Gasteiger partial charge in [0, 0.05) is 24.6 Å². The third kappa shape index (κ3) is 3.13. The minimum Gasteiger partial charge on any atom is -0.493 e. The quantitative estimate of drug-likeness (QED) is 0.756. The van der Waals surface area contributed by atoms with Crippen molar-refractivity contribution in [1.82, 2.24) is 4.90 Å². The van der Waals surface area contributed by atoms with E-state index in [1.54, 1.807) is 12.1 Å². The van der Waals surface area contributed by atoms with E-state index < -0.39 is 0 Å². The third-order valence-corrected chi connectivity index (χ3v) is 7.05. The van der Waals surface area contributed by atoms with E-state index in [-0.39, 0.29) is 11.4 Å². The molecule has 4 heteroatoms. The molecule has 3 aliphatic rings. The van der Waals surface area contributed by atoms with Crippen molar-refractivity contribution < 1.29 is 13.9 Å². The number of halogens is 1. The lowest BCUT2D eigenvalue weighted by atomic mass is 9.83. The zero-order valence-corrected chi connectivity index (χ0v) is 16.5. The van der Waals surface area contributed by atoms with Crippen molar-refractivity contribution in [2.75, 3.05) is 26.2 Å². The van der Waals surface area contributed by atoms with Crippen LogP contribution in [-0.2, 0) is 16.9 Å². The maximum Gasteiger partial charge on any atom is 0.123 e. The maximum absolute atomic E-state index is 13.7. The van der Waals surface area contributed by atoms with Gasteiger partial charge in [-0.2, -0.15) is 0 Å². The monoisotopic (exact) mass is 381 g/mol. The van der Waals surface area contributed by atoms with Crippen LogP contribution in [0.25, 0.3) is 0 Å². The van der Waals surface area contributed by atoms with Crippen LogP contribution in [0.5, 0.6) is 5.75 Å². The van der Waals surface area contributed by atoms with Crippen LogP contribution in [0.15, 0.2) is 42.5 Å². The number of nitrogens with zero attached hydrogens (tertiary/aromatic N) is 1. The Morgan fingerprint density at radius 3 is 2.86 bits per heavy atom. The molecular formula is C24H28FNO2. The fourth-order valence-electron chi connectivity index (χ4n) is 5.20. The summed E-state index contributed by atoms with van der Waals surface area (Å²) in [5.41, 5.74) is 3.75. The first-order chi connectivity index (χ1) is 13.6. The van der Waals surface area contributed by atoms with Crippen molar-refractivity contribution in [3.63, 3.8) is 0 Å². The van der Waals surface area contributed by atoms with Crippen molar-refractivity contribution in [2.45, 2.75) is 44.3 Å². The Labute approximate surface area is 166 Å². The molecular weight excluding hydrogens is 353 g/mol. The van der Waals surface area contributed by atoms with E-state index in [9.17, 15) is 4.39 Å². The summed E-state index contributed by atoms with van der Waals surface area (Å²) in [6, 6.07) is 13.6. The minimum atomic E-state index is -0.167. The Bertz CT molecular complexity index is 859. The summed E-state index contributed by atoms with van der Waals surface area (Å²) in [6.07, 6.45) is 3.24. The van der Waals surface area contributed by atoms with Gasteiger partial charge in [0.2, 0.25) is 0 Å². The molecule has 0 aromatic heterocycles. The number of ether oxygens (including phenoxy) is 2. The van der Waals surface area contributed by atoms with Crippen molar-refractivity contribution in [3.05, 3.63) is 65.0 Å². The number of hydrogen-bond donors (Lipinski definition) is 0. The van der Waals surface area contributed by atoms with Crippen LogP contribution >= 0.6 is 0 Å². The van der Waals surface area contributed by atoms with Gasteiger partial charge >= 0.3 is 0 Å². The van der Waals surface area contributed by atoms with Crippen LogP contribution in [0.3, 0.4) is 0 Å². The number of piperidine rings is 1. The van der Waals surface area contributed by atoms with Gasteiger partial charge in [-0.05, 0) is 61.1 Å². The molecule has 2 aromatic rings. The van der Waals surface area contributed by atoms with Crippen molar-refractivity contribution >= 4 is 0 Å². The highest BCUT2D eigenvalue weighted by Crippen LogP contribution is 2.44. The Kier molecular flexibility index (Phi) is 4.64. The van der Waals surface area contributed by atoms with E-state index in [1.165, 1.54) is 17.2 Å². The summed E-state index contributed by atoms with van der Waals surface area (Å²) in [5, 5.41) is 0. The summed E-state index contributed by atoms with van der Waals surface area (Å²) in [6.45, 7) is 6.94. The van der Waals surface area contributed by atoms with E-state index in [1.807, 2.05) is 0 Å². The highest BCUT2D eigenvalue weighted by Gasteiger charge is 2.42. The van der Waals surface area contributed by atoms with Gasteiger partial charge in [0.1, 0.15) is 11.6 Å². The molecule has 0 bridgehead atoms. The van der Waals surface area contributed by atoms with Gasteiger partial charge in [-0.15, -0.1) is 0 Å². The maximum atomic E-state index is 13.7. The number of hydrogen-bond acceptors (Lipinski definition) is 3. The summed E-state index contributed by atoms with van der Waals surface area (Å²) in [5.74, 6) is 1.46. The topological polar surface area (TPSA) is 21.7 Å². The average Bonchev–Trinajstić information content (AvgIpc) is 3.30. The van der Waals surface area contributed by atoms with Crippen LogP contribution in [-0.4, -0.2) is 31.1 Å². The van der Waals surface area contributed by atoms with E-state index in [0.717, 1.165) is 56.8 Å². The molecule has 1 fully saturated rings. The Balaban J connectivity index is 1.17. The molecule has 3 heterocycles. The average molecular weight is 381 g/mol. The van der Waals surface area contributed by atoms with Gasteiger partial charge in [-0.25, -0.2) is 4.39 Å². The van der Waals surface area contributed by atoms with Crippen LogP contribution in [0.2, 0.25) is 0 Å². The molecule has 0 N–H and O–H groups in total. The summed E-state index contributed by atoms with van der Waals surface area (Å²) >= 11 is 0. The largest absolute Gasteiger partial charge is 0.493 e. The van der Waals surface area contributed by atoms with Gasteiger partial charge in [0.25, 0.3) is 0 Å². The molecule has 5 rings (SSSR count). The molecule has 0 aliphatic carbocycles. The van der Waals surface area contributed by atoms with E-state index in [4.69, 9.17) is 9.47 Å². The predicted molar refractivity (Wildman–Crippen MR) is 107 cm³/mol. The van der Waals surface area contributed by atoms with E-state index >= 15 is 0 Å². The Morgan fingerprint density at radius 1 is 1.18 bits per heavy atom. The van der Waals surface area contributed by atoms with Crippen molar-refractivity contribution in [1.29, 1.82) is 0 Å². The molecule has 3 nitrogen and oxygen atoms in total.